The Labute approximate surface area is 150 Å². The predicted molar refractivity (Wildman–Crippen MR) is 97.7 cm³/mol. The van der Waals surface area contributed by atoms with E-state index in [1.807, 2.05) is 6.07 Å². The van der Waals surface area contributed by atoms with E-state index in [-0.39, 0.29) is 4.90 Å². The zero-order valence-corrected chi connectivity index (χ0v) is 14.5. The average Bonchev–Trinajstić information content (AvgIpc) is 3.04. The smallest absolute Gasteiger partial charge is 0.264 e. The zero-order chi connectivity index (χ0) is 17.6. The summed E-state index contributed by atoms with van der Waals surface area (Å²) in [7, 11) is -3.81. The molecular weight excluding hydrogens is 358 g/mol. The Kier molecular flexibility index (Phi) is 3.64. The second-order valence-corrected chi connectivity index (χ2v) is 8.02. The van der Waals surface area contributed by atoms with Gasteiger partial charge in [-0.25, -0.2) is 13.3 Å². The van der Waals surface area contributed by atoms with Gasteiger partial charge in [-0.05, 0) is 36.2 Å². The van der Waals surface area contributed by atoms with E-state index in [0.29, 0.717) is 40.1 Å². The van der Waals surface area contributed by atoms with Gasteiger partial charge < -0.3 is 0 Å². The van der Waals surface area contributed by atoms with Gasteiger partial charge in [-0.15, -0.1) is 0 Å². The summed E-state index contributed by atoms with van der Waals surface area (Å²) in [5.41, 5.74) is 1.90. The molecule has 0 unspecified atom stereocenters. The van der Waals surface area contributed by atoms with Crippen LogP contribution < -0.4 is 4.31 Å². The van der Waals surface area contributed by atoms with E-state index in [4.69, 9.17) is 18.2 Å². The summed E-state index contributed by atoms with van der Waals surface area (Å²) in [6.45, 7) is 7.51. The molecule has 0 saturated carbocycles. The van der Waals surface area contributed by atoms with Crippen LogP contribution in [0.3, 0.4) is 0 Å². The molecule has 1 aliphatic rings. The molecule has 3 aromatic rings. The number of fused-ring (bicyclic) bond motifs is 2. The number of sulfonamides is 1. The summed E-state index contributed by atoms with van der Waals surface area (Å²) in [5, 5.41) is 1.59. The molecule has 5 nitrogen and oxygen atoms in total. The van der Waals surface area contributed by atoms with E-state index < -0.39 is 10.0 Å². The van der Waals surface area contributed by atoms with Crippen molar-refractivity contribution in [2.75, 3.05) is 10.8 Å². The van der Waals surface area contributed by atoms with E-state index in [9.17, 15) is 8.42 Å². The topological polar surface area (TPSA) is 54.6 Å². The number of rotatable bonds is 2. The Morgan fingerprint density at radius 2 is 2.04 bits per heavy atom. The molecule has 7 heteroatoms. The van der Waals surface area contributed by atoms with Crippen LogP contribution in [-0.4, -0.2) is 19.9 Å². The molecule has 2 heterocycles. The third kappa shape index (κ3) is 2.53. The lowest BCUT2D eigenvalue weighted by Crippen LogP contribution is -2.29. The summed E-state index contributed by atoms with van der Waals surface area (Å²) in [5.74, 6) is 0. The molecule has 2 aromatic carbocycles. The minimum absolute atomic E-state index is 0.151. The molecule has 4 rings (SSSR count). The number of nitrogens with zero attached hydrogens (tertiary/aromatic N) is 3. The predicted octanol–water partition coefficient (Wildman–Crippen LogP) is 4.19. The van der Waals surface area contributed by atoms with Crippen LogP contribution in [0.2, 0.25) is 5.02 Å². The van der Waals surface area contributed by atoms with Gasteiger partial charge in [-0.3, -0.25) is 9.29 Å². The van der Waals surface area contributed by atoms with Crippen LogP contribution in [-0.2, 0) is 16.4 Å². The zero-order valence-electron chi connectivity index (χ0n) is 13.0. The fourth-order valence-electron chi connectivity index (χ4n) is 3.13. The minimum atomic E-state index is -3.81. The highest BCUT2D eigenvalue weighted by molar-refractivity contribution is 7.93. The summed E-state index contributed by atoms with van der Waals surface area (Å²) in [6.07, 6.45) is 3.77. The first-order valence-corrected chi connectivity index (χ1v) is 9.39. The minimum Gasteiger partial charge on any atom is -0.267 e. The molecule has 124 valence electrons. The van der Waals surface area contributed by atoms with E-state index in [2.05, 4.69) is 9.83 Å². The quantitative estimate of drug-likeness (QED) is 0.636. The number of benzene rings is 2. The average molecular weight is 370 g/mol. The van der Waals surface area contributed by atoms with Crippen LogP contribution in [0.1, 0.15) is 5.56 Å². The summed E-state index contributed by atoms with van der Waals surface area (Å²) in [6, 6.07) is 9.99. The van der Waals surface area contributed by atoms with Gasteiger partial charge in [0.25, 0.3) is 10.0 Å². The number of hydrogen-bond acceptors (Lipinski definition) is 3. The Morgan fingerprint density at radius 1 is 1.20 bits per heavy atom. The molecule has 25 heavy (non-hydrogen) atoms. The fraction of sp³-hybridized carbons (Fsp3) is 0.111. The van der Waals surface area contributed by atoms with Gasteiger partial charge in [0.2, 0.25) is 0 Å². The van der Waals surface area contributed by atoms with Gasteiger partial charge in [0.05, 0.1) is 11.5 Å². The van der Waals surface area contributed by atoms with Gasteiger partial charge in [0.15, 0.2) is 5.69 Å². The van der Waals surface area contributed by atoms with Crippen molar-refractivity contribution in [3.05, 3.63) is 70.8 Å². The molecule has 0 radical (unpaired) electrons. The van der Waals surface area contributed by atoms with Gasteiger partial charge in [-0.1, -0.05) is 23.7 Å². The second kappa shape index (κ2) is 5.73. The molecule has 1 aromatic heterocycles. The molecular formula is C18H12ClN3O2S. The van der Waals surface area contributed by atoms with Gasteiger partial charge in [-0.2, -0.15) is 0 Å². The Hall–Kier alpha value is -2.62. The van der Waals surface area contributed by atoms with Crippen LogP contribution in [0.25, 0.3) is 15.6 Å². The fourth-order valence-corrected chi connectivity index (χ4v) is 5.16. The van der Waals surface area contributed by atoms with E-state index >= 15 is 0 Å². The SMILES string of the molecule is [C-]#[N+]c1ccc2c(c1)N(S(=O)(=O)c1cc(Cl)cc3cnccc13)CC2. The summed E-state index contributed by atoms with van der Waals surface area (Å²) < 4.78 is 28.0. The summed E-state index contributed by atoms with van der Waals surface area (Å²) in [4.78, 5) is 7.58. The lowest BCUT2D eigenvalue weighted by Gasteiger charge is -2.21. The first kappa shape index (κ1) is 15.9. The van der Waals surface area contributed by atoms with Gasteiger partial charge >= 0.3 is 0 Å². The highest BCUT2D eigenvalue weighted by atomic mass is 35.5. The molecule has 0 bridgehead atoms. The van der Waals surface area contributed by atoms with Crippen LogP contribution >= 0.6 is 11.6 Å². The van der Waals surface area contributed by atoms with E-state index in [1.54, 1.807) is 36.7 Å². The van der Waals surface area contributed by atoms with Crippen molar-refractivity contribution in [1.82, 2.24) is 4.98 Å². The standard InChI is InChI=1S/C18H12ClN3O2S/c1-20-15-3-2-12-5-7-22(17(12)10-15)25(23,24)18-9-14(19)8-13-11-21-6-4-16(13)18/h2-4,6,8-11H,5,7H2. The number of aromatic nitrogens is 1. The molecule has 0 aliphatic carbocycles. The third-order valence-corrected chi connectivity index (χ3v) is 6.37. The normalized spacial score (nSPS) is 13.7. The van der Waals surface area contributed by atoms with Crippen LogP contribution in [0.15, 0.2) is 53.7 Å². The number of pyridine rings is 1. The van der Waals surface area contributed by atoms with Crippen LogP contribution in [0.4, 0.5) is 11.4 Å². The molecule has 0 N–H and O–H groups in total. The Balaban J connectivity index is 1.93. The number of anilines is 1. The van der Waals surface area contributed by atoms with E-state index in [1.165, 1.54) is 10.4 Å². The summed E-state index contributed by atoms with van der Waals surface area (Å²) >= 11 is 6.13. The van der Waals surface area contributed by atoms with Crippen LogP contribution in [0.5, 0.6) is 0 Å². The van der Waals surface area contributed by atoms with Gasteiger partial charge in [0, 0.05) is 40.4 Å². The Bertz CT molecular complexity index is 1150. The molecule has 0 spiro atoms. The molecule has 0 amide bonds. The Morgan fingerprint density at radius 3 is 2.84 bits per heavy atom. The lowest BCUT2D eigenvalue weighted by molar-refractivity contribution is 0.593. The van der Waals surface area contributed by atoms with Crippen molar-refractivity contribution >= 4 is 43.8 Å². The monoisotopic (exact) mass is 369 g/mol. The molecule has 0 fully saturated rings. The van der Waals surface area contributed by atoms with Crippen molar-refractivity contribution in [2.24, 2.45) is 0 Å². The van der Waals surface area contributed by atoms with Crippen molar-refractivity contribution in [3.63, 3.8) is 0 Å². The second-order valence-electron chi connectivity index (χ2n) is 5.75. The first-order chi connectivity index (χ1) is 12.0. The molecule has 0 atom stereocenters. The lowest BCUT2D eigenvalue weighted by atomic mass is 10.1. The maximum absolute atomic E-state index is 13.3. The van der Waals surface area contributed by atoms with Crippen molar-refractivity contribution in [1.29, 1.82) is 0 Å². The third-order valence-electron chi connectivity index (χ3n) is 4.30. The van der Waals surface area contributed by atoms with Crippen molar-refractivity contribution < 1.29 is 8.42 Å². The largest absolute Gasteiger partial charge is 0.267 e. The maximum Gasteiger partial charge on any atom is 0.264 e. The van der Waals surface area contributed by atoms with Crippen molar-refractivity contribution in [3.8, 4) is 0 Å². The number of halogens is 1. The first-order valence-electron chi connectivity index (χ1n) is 7.57. The van der Waals surface area contributed by atoms with Gasteiger partial charge in [0.1, 0.15) is 0 Å². The highest BCUT2D eigenvalue weighted by Crippen LogP contribution is 2.38. The highest BCUT2D eigenvalue weighted by Gasteiger charge is 2.32. The van der Waals surface area contributed by atoms with Crippen LogP contribution in [0, 0.1) is 6.57 Å². The van der Waals surface area contributed by atoms with Crippen molar-refractivity contribution in [2.45, 2.75) is 11.3 Å². The van der Waals surface area contributed by atoms with E-state index in [0.717, 1.165) is 5.56 Å². The molecule has 1 aliphatic heterocycles. The maximum atomic E-state index is 13.3. The number of hydrogen-bond donors (Lipinski definition) is 0. The molecule has 0 saturated heterocycles.